The fourth-order valence-electron chi connectivity index (χ4n) is 1.29. The van der Waals surface area contributed by atoms with Crippen molar-refractivity contribution in [2.45, 2.75) is 32.4 Å². The zero-order valence-electron chi connectivity index (χ0n) is 8.55. The Labute approximate surface area is 83.5 Å². The molecule has 0 aromatic carbocycles. The Morgan fingerprint density at radius 3 is 3.00 bits per heavy atom. The molecule has 0 aliphatic heterocycles. The molecule has 1 aromatic rings. The summed E-state index contributed by atoms with van der Waals surface area (Å²) in [6, 6.07) is 2.01. The van der Waals surface area contributed by atoms with E-state index in [0.29, 0.717) is 18.4 Å². The summed E-state index contributed by atoms with van der Waals surface area (Å²) in [7, 11) is 0. The second-order valence-electron chi connectivity index (χ2n) is 4.21. The Morgan fingerprint density at radius 2 is 2.43 bits per heavy atom. The van der Waals surface area contributed by atoms with Crippen molar-refractivity contribution in [3.63, 3.8) is 0 Å². The van der Waals surface area contributed by atoms with Crippen LogP contribution in [0.15, 0.2) is 12.3 Å². The number of ether oxygens (including phenoxy) is 1. The predicted octanol–water partition coefficient (Wildman–Crippen LogP) is 1.22. The molecule has 2 atom stereocenters. The summed E-state index contributed by atoms with van der Waals surface area (Å²) in [5, 5.41) is 13.4. The van der Waals surface area contributed by atoms with Crippen LogP contribution in [0.3, 0.4) is 0 Å². The molecule has 1 aromatic heterocycles. The lowest BCUT2D eigenvalue weighted by Gasteiger charge is -2.04. The molecule has 2 unspecified atom stereocenters. The van der Waals surface area contributed by atoms with E-state index in [-0.39, 0.29) is 12.1 Å². The van der Waals surface area contributed by atoms with Crippen molar-refractivity contribution in [2.24, 2.45) is 5.92 Å². The molecule has 1 fully saturated rings. The van der Waals surface area contributed by atoms with Crippen molar-refractivity contribution in [1.82, 2.24) is 9.78 Å². The maximum atomic E-state index is 9.21. The lowest BCUT2D eigenvalue weighted by atomic mass is 10.2. The average molecular weight is 196 g/mol. The molecule has 1 aliphatic carbocycles. The quantitative estimate of drug-likeness (QED) is 0.787. The highest BCUT2D eigenvalue weighted by Crippen LogP contribution is 2.35. The first kappa shape index (κ1) is 9.52. The maximum absolute atomic E-state index is 9.21. The van der Waals surface area contributed by atoms with E-state index in [1.54, 1.807) is 4.68 Å². The third-order valence-corrected chi connectivity index (χ3v) is 2.21. The normalized spacial score (nSPS) is 25.4. The molecule has 1 N–H and O–H groups in total. The Balaban J connectivity index is 1.90. The second-order valence-corrected chi connectivity index (χ2v) is 4.21. The molecule has 4 nitrogen and oxygen atoms in total. The minimum Gasteiger partial charge on any atom is -0.476 e. The Morgan fingerprint density at radius 1 is 1.71 bits per heavy atom. The molecular formula is C10H16N2O2. The first-order valence-electron chi connectivity index (χ1n) is 5.03. The summed E-state index contributed by atoms with van der Waals surface area (Å²) >= 11 is 0. The van der Waals surface area contributed by atoms with Crippen molar-refractivity contribution < 1.29 is 9.84 Å². The van der Waals surface area contributed by atoms with Gasteiger partial charge in [-0.3, -0.25) is 4.68 Å². The first-order valence-corrected chi connectivity index (χ1v) is 5.03. The highest BCUT2D eigenvalue weighted by Gasteiger charge is 2.37. The maximum Gasteiger partial charge on any atom is 0.232 e. The highest BCUT2D eigenvalue weighted by molar-refractivity contribution is 5.08. The summed E-state index contributed by atoms with van der Waals surface area (Å²) in [6.45, 7) is 4.88. The summed E-state index contributed by atoms with van der Waals surface area (Å²) < 4.78 is 7.23. The summed E-state index contributed by atoms with van der Waals surface area (Å²) in [5.74, 6) is 1.16. The Bertz CT molecular complexity index is 309. The van der Waals surface area contributed by atoms with E-state index >= 15 is 0 Å². The van der Waals surface area contributed by atoms with E-state index < -0.39 is 0 Å². The Kier molecular flexibility index (Phi) is 2.46. The van der Waals surface area contributed by atoms with Crippen LogP contribution in [0.1, 0.15) is 26.3 Å². The van der Waals surface area contributed by atoms with Gasteiger partial charge in [0.15, 0.2) is 0 Å². The molecule has 0 bridgehead atoms. The van der Waals surface area contributed by atoms with Gasteiger partial charge in [0, 0.05) is 18.7 Å². The zero-order valence-corrected chi connectivity index (χ0v) is 8.55. The fourth-order valence-corrected chi connectivity index (χ4v) is 1.29. The first-order chi connectivity index (χ1) is 6.66. The molecule has 0 saturated heterocycles. The number of aliphatic hydroxyl groups is 1. The van der Waals surface area contributed by atoms with Gasteiger partial charge in [0.25, 0.3) is 0 Å². The van der Waals surface area contributed by atoms with Crippen molar-refractivity contribution >= 4 is 0 Å². The van der Waals surface area contributed by atoms with Crippen LogP contribution in [-0.4, -0.2) is 27.6 Å². The highest BCUT2D eigenvalue weighted by atomic mass is 16.5. The molecule has 78 valence electrons. The van der Waals surface area contributed by atoms with Crippen LogP contribution in [0.25, 0.3) is 0 Å². The van der Waals surface area contributed by atoms with E-state index in [0.717, 1.165) is 6.42 Å². The zero-order chi connectivity index (χ0) is 10.1. The summed E-state index contributed by atoms with van der Waals surface area (Å²) in [5.41, 5.74) is 0. The van der Waals surface area contributed by atoms with Crippen molar-refractivity contribution in [3.05, 3.63) is 12.3 Å². The third-order valence-electron chi connectivity index (χ3n) is 2.21. The lowest BCUT2D eigenvalue weighted by Crippen LogP contribution is -2.06. The Hall–Kier alpha value is -1.03. The molecule has 0 spiro atoms. The standard InChI is InChI=1S/C10H16N2O2/c1-7(2)6-14-10-3-4-12(11-10)8-5-9(8)13/h3-4,7-9,13H,5-6H2,1-2H3. The van der Waals surface area contributed by atoms with E-state index in [9.17, 15) is 5.11 Å². The van der Waals surface area contributed by atoms with Crippen molar-refractivity contribution in [2.75, 3.05) is 6.61 Å². The number of rotatable bonds is 4. The number of hydrogen-bond acceptors (Lipinski definition) is 3. The summed E-state index contributed by atoms with van der Waals surface area (Å²) in [6.07, 6.45) is 2.45. The number of aromatic nitrogens is 2. The van der Waals surface area contributed by atoms with Crippen molar-refractivity contribution in [1.29, 1.82) is 0 Å². The third kappa shape index (κ3) is 2.07. The minimum atomic E-state index is -0.215. The van der Waals surface area contributed by atoms with Crippen LogP contribution in [0.4, 0.5) is 0 Å². The van der Waals surface area contributed by atoms with Crippen LogP contribution in [-0.2, 0) is 0 Å². The molecule has 14 heavy (non-hydrogen) atoms. The van der Waals surface area contributed by atoms with E-state index in [4.69, 9.17) is 4.74 Å². The smallest absolute Gasteiger partial charge is 0.232 e. The largest absolute Gasteiger partial charge is 0.476 e. The number of aliphatic hydroxyl groups excluding tert-OH is 1. The molecule has 4 heteroatoms. The van der Waals surface area contributed by atoms with Crippen LogP contribution < -0.4 is 4.74 Å². The predicted molar refractivity (Wildman–Crippen MR) is 52.2 cm³/mol. The average Bonchev–Trinajstić information content (AvgIpc) is 2.68. The van der Waals surface area contributed by atoms with Gasteiger partial charge < -0.3 is 9.84 Å². The van der Waals surface area contributed by atoms with Crippen LogP contribution in [0, 0.1) is 5.92 Å². The van der Waals surface area contributed by atoms with Crippen LogP contribution in [0.2, 0.25) is 0 Å². The van der Waals surface area contributed by atoms with Gasteiger partial charge in [-0.25, -0.2) is 0 Å². The SMILES string of the molecule is CC(C)COc1ccn(C2CC2O)n1. The second kappa shape index (κ2) is 3.61. The molecule has 0 radical (unpaired) electrons. The monoisotopic (exact) mass is 196 g/mol. The van der Waals surface area contributed by atoms with Gasteiger partial charge in [0.1, 0.15) is 0 Å². The number of hydrogen-bond donors (Lipinski definition) is 1. The van der Waals surface area contributed by atoms with Gasteiger partial charge in [-0.05, 0) is 5.92 Å². The number of nitrogens with zero attached hydrogens (tertiary/aromatic N) is 2. The molecule has 1 heterocycles. The van der Waals surface area contributed by atoms with Gasteiger partial charge >= 0.3 is 0 Å². The van der Waals surface area contributed by atoms with Gasteiger partial charge in [-0.15, -0.1) is 5.10 Å². The van der Waals surface area contributed by atoms with E-state index in [2.05, 4.69) is 18.9 Å². The van der Waals surface area contributed by atoms with Crippen molar-refractivity contribution in [3.8, 4) is 5.88 Å². The van der Waals surface area contributed by atoms with Crippen LogP contribution in [0.5, 0.6) is 5.88 Å². The lowest BCUT2D eigenvalue weighted by molar-refractivity contribution is 0.246. The molecule has 1 saturated carbocycles. The van der Waals surface area contributed by atoms with Gasteiger partial charge in [-0.1, -0.05) is 13.8 Å². The topological polar surface area (TPSA) is 47.3 Å². The molecule has 2 rings (SSSR count). The van der Waals surface area contributed by atoms with Gasteiger partial charge in [0.05, 0.1) is 18.8 Å². The molecular weight excluding hydrogens is 180 g/mol. The summed E-state index contributed by atoms with van der Waals surface area (Å²) in [4.78, 5) is 0. The van der Waals surface area contributed by atoms with E-state index in [1.807, 2.05) is 12.3 Å². The minimum absolute atomic E-state index is 0.173. The molecule has 0 amide bonds. The fraction of sp³-hybridized carbons (Fsp3) is 0.700. The van der Waals surface area contributed by atoms with Gasteiger partial charge in [0.2, 0.25) is 5.88 Å². The molecule has 1 aliphatic rings. The van der Waals surface area contributed by atoms with E-state index in [1.165, 1.54) is 0 Å². The van der Waals surface area contributed by atoms with Gasteiger partial charge in [-0.2, -0.15) is 0 Å². The van der Waals surface area contributed by atoms with Crippen LogP contribution >= 0.6 is 0 Å².